The lowest BCUT2D eigenvalue weighted by Crippen LogP contribution is -2.44. The Morgan fingerprint density at radius 2 is 1.75 bits per heavy atom. The quantitative estimate of drug-likeness (QED) is 0.526. The first-order valence-corrected chi connectivity index (χ1v) is 10.5. The molecule has 0 atom stereocenters. The fraction of sp³-hybridized carbons (Fsp3) is 0.200. The van der Waals surface area contributed by atoms with Gasteiger partial charge in [0.1, 0.15) is 17.6 Å². The molecule has 0 unspecified atom stereocenters. The molecule has 0 saturated carbocycles. The van der Waals surface area contributed by atoms with Crippen LogP contribution in [0.15, 0.2) is 65.4 Å². The zero-order valence-electron chi connectivity index (χ0n) is 17.7. The number of pyridine rings is 1. The number of amides is 1. The minimum Gasteiger partial charge on any atom is -0.462 e. The van der Waals surface area contributed by atoms with Gasteiger partial charge in [-0.1, -0.05) is 12.1 Å². The number of primary amides is 1. The number of rotatable bonds is 4. The van der Waals surface area contributed by atoms with Gasteiger partial charge in [-0.05, 0) is 49.0 Å². The molecule has 2 N–H and O–H groups in total. The maximum Gasteiger partial charge on any atom is 0.248 e. The van der Waals surface area contributed by atoms with Gasteiger partial charge in [-0.15, -0.1) is 0 Å². The van der Waals surface area contributed by atoms with Gasteiger partial charge in [-0.25, -0.2) is 4.39 Å². The maximum atomic E-state index is 14.5. The number of benzene rings is 2. The van der Waals surface area contributed by atoms with E-state index in [0.29, 0.717) is 16.7 Å². The molecule has 1 aliphatic heterocycles. The van der Waals surface area contributed by atoms with E-state index in [0.717, 1.165) is 37.3 Å². The highest BCUT2D eigenvalue weighted by molar-refractivity contribution is 5.97. The van der Waals surface area contributed by atoms with Crippen molar-refractivity contribution in [2.24, 2.45) is 5.73 Å². The van der Waals surface area contributed by atoms with Crippen LogP contribution in [0.4, 0.5) is 10.1 Å². The van der Waals surface area contributed by atoms with Crippen molar-refractivity contribution in [1.29, 1.82) is 0 Å². The first kappa shape index (κ1) is 20.2. The smallest absolute Gasteiger partial charge is 0.248 e. The van der Waals surface area contributed by atoms with Gasteiger partial charge < -0.3 is 20.0 Å². The van der Waals surface area contributed by atoms with Crippen LogP contribution in [0.25, 0.3) is 33.4 Å². The van der Waals surface area contributed by atoms with Crippen molar-refractivity contribution < 1.29 is 13.6 Å². The summed E-state index contributed by atoms with van der Waals surface area (Å²) in [6, 6.07) is 14.3. The number of nitrogens with zero attached hydrogens (tertiary/aromatic N) is 3. The summed E-state index contributed by atoms with van der Waals surface area (Å²) in [6.45, 7) is 4.16. The van der Waals surface area contributed by atoms with E-state index in [1.165, 1.54) is 30.1 Å². The topological polar surface area (TPSA) is 75.6 Å². The lowest BCUT2D eigenvalue weighted by molar-refractivity contribution is 0.100. The molecule has 1 amide bonds. The van der Waals surface area contributed by atoms with E-state index in [2.05, 4.69) is 46.1 Å². The minimum atomic E-state index is -0.616. The van der Waals surface area contributed by atoms with Crippen LogP contribution in [0.2, 0.25) is 0 Å². The number of aromatic nitrogens is 1. The van der Waals surface area contributed by atoms with E-state index in [-0.39, 0.29) is 11.1 Å². The van der Waals surface area contributed by atoms with Gasteiger partial charge >= 0.3 is 0 Å². The van der Waals surface area contributed by atoms with Gasteiger partial charge in [0.2, 0.25) is 5.91 Å². The summed E-state index contributed by atoms with van der Waals surface area (Å²) in [7, 11) is 2.15. The normalized spacial score (nSPS) is 14.8. The summed E-state index contributed by atoms with van der Waals surface area (Å²) in [5.41, 5.74) is 10.5. The second-order valence-corrected chi connectivity index (χ2v) is 8.12. The van der Waals surface area contributed by atoms with E-state index in [1.807, 2.05) is 6.07 Å². The average Bonchev–Trinajstić information content (AvgIpc) is 3.23. The van der Waals surface area contributed by atoms with Crippen molar-refractivity contribution in [2.45, 2.75) is 0 Å². The second-order valence-electron chi connectivity index (χ2n) is 8.12. The molecule has 2 aromatic carbocycles. The molecule has 0 spiro atoms. The highest BCUT2D eigenvalue weighted by atomic mass is 19.1. The summed E-state index contributed by atoms with van der Waals surface area (Å²) in [5, 5.41) is 0. The third kappa shape index (κ3) is 3.71. The van der Waals surface area contributed by atoms with Gasteiger partial charge in [-0.3, -0.25) is 9.78 Å². The van der Waals surface area contributed by atoms with Crippen LogP contribution in [0.3, 0.4) is 0 Å². The molecule has 1 aliphatic rings. The van der Waals surface area contributed by atoms with Gasteiger partial charge in [0, 0.05) is 60.3 Å². The lowest BCUT2D eigenvalue weighted by Gasteiger charge is -2.34. The number of halogens is 1. The van der Waals surface area contributed by atoms with Crippen LogP contribution in [-0.4, -0.2) is 49.0 Å². The summed E-state index contributed by atoms with van der Waals surface area (Å²) >= 11 is 0. The fourth-order valence-corrected chi connectivity index (χ4v) is 4.08. The zero-order valence-corrected chi connectivity index (χ0v) is 17.7. The number of anilines is 1. The maximum absolute atomic E-state index is 14.5. The highest BCUT2D eigenvalue weighted by Gasteiger charge is 2.17. The van der Waals surface area contributed by atoms with E-state index in [9.17, 15) is 9.18 Å². The molecule has 5 rings (SSSR count). The number of piperazine rings is 1. The van der Waals surface area contributed by atoms with Crippen LogP contribution < -0.4 is 10.6 Å². The first-order valence-electron chi connectivity index (χ1n) is 10.5. The van der Waals surface area contributed by atoms with Crippen LogP contribution in [0, 0.1) is 5.82 Å². The number of likely N-dealkylation sites (N-methyl/N-ethyl adjacent to an activating group) is 1. The van der Waals surface area contributed by atoms with Crippen LogP contribution in [0.5, 0.6) is 0 Å². The average molecular weight is 430 g/mol. The lowest BCUT2D eigenvalue weighted by atomic mass is 10.0. The molecule has 4 aromatic rings. The number of furan rings is 1. The monoisotopic (exact) mass is 430 g/mol. The van der Waals surface area contributed by atoms with Gasteiger partial charge in [0.05, 0.1) is 0 Å². The Bertz CT molecular complexity index is 1290. The van der Waals surface area contributed by atoms with Crippen molar-refractivity contribution in [3.8, 4) is 22.3 Å². The van der Waals surface area contributed by atoms with E-state index >= 15 is 0 Å². The molecule has 6 nitrogen and oxygen atoms in total. The van der Waals surface area contributed by atoms with E-state index in [1.54, 1.807) is 6.20 Å². The molecule has 2 aromatic heterocycles. The molecule has 0 aliphatic carbocycles. The third-order valence-electron chi connectivity index (χ3n) is 6.02. The van der Waals surface area contributed by atoms with Gasteiger partial charge in [0.15, 0.2) is 5.58 Å². The summed E-state index contributed by atoms with van der Waals surface area (Å²) in [6.07, 6.45) is 3.21. The largest absolute Gasteiger partial charge is 0.462 e. The number of nitrogens with two attached hydrogens (primary N) is 1. The van der Waals surface area contributed by atoms with Gasteiger partial charge in [0.25, 0.3) is 0 Å². The highest BCUT2D eigenvalue weighted by Crippen LogP contribution is 2.34. The number of carbonyl (C=O) groups is 1. The van der Waals surface area contributed by atoms with Crippen LogP contribution >= 0.6 is 0 Å². The SMILES string of the molecule is CN1CCN(c2ccc(-c3cnc4c(-c5cc(C(N)=O)ccc5F)coc4c3)cc2)CC1. The molecule has 7 heteroatoms. The Morgan fingerprint density at radius 1 is 1.00 bits per heavy atom. The number of hydrogen-bond donors (Lipinski definition) is 1. The molecule has 0 radical (unpaired) electrons. The van der Waals surface area contributed by atoms with Crippen molar-refractivity contribution >= 4 is 22.7 Å². The van der Waals surface area contributed by atoms with Crippen molar-refractivity contribution in [3.63, 3.8) is 0 Å². The summed E-state index contributed by atoms with van der Waals surface area (Å²) < 4.78 is 20.1. The fourth-order valence-electron chi connectivity index (χ4n) is 4.08. The Hall–Kier alpha value is -3.71. The molecular formula is C25H23FN4O2. The van der Waals surface area contributed by atoms with Crippen molar-refractivity contribution in [2.75, 3.05) is 38.1 Å². The summed E-state index contributed by atoms with van der Waals surface area (Å²) in [4.78, 5) is 20.8. The minimum absolute atomic E-state index is 0.229. The van der Waals surface area contributed by atoms with Gasteiger partial charge in [-0.2, -0.15) is 0 Å². The molecule has 1 saturated heterocycles. The second kappa shape index (κ2) is 8.09. The number of hydrogen-bond acceptors (Lipinski definition) is 5. The Kier molecular flexibility index (Phi) is 5.11. The molecular weight excluding hydrogens is 407 g/mol. The number of fused-ring (bicyclic) bond motifs is 1. The molecule has 1 fully saturated rings. The Morgan fingerprint density at radius 3 is 2.47 bits per heavy atom. The predicted molar refractivity (Wildman–Crippen MR) is 123 cm³/mol. The predicted octanol–water partition coefficient (Wildman–Crippen LogP) is 4.15. The molecule has 3 heterocycles. The standard InChI is InChI=1S/C25H23FN4O2/c1-29-8-10-30(11-9-29)19-5-2-16(3-6-19)18-13-23-24(28-14-18)21(15-32-23)20-12-17(25(27)31)4-7-22(20)26/h2-7,12-15H,8-11H2,1H3,(H2,27,31). The number of carbonyl (C=O) groups excluding carboxylic acids is 1. The van der Waals surface area contributed by atoms with Crippen LogP contribution in [-0.2, 0) is 0 Å². The summed E-state index contributed by atoms with van der Waals surface area (Å²) in [5.74, 6) is -1.09. The molecule has 0 bridgehead atoms. The Labute approximate surface area is 185 Å². The van der Waals surface area contributed by atoms with Crippen molar-refractivity contribution in [1.82, 2.24) is 9.88 Å². The van der Waals surface area contributed by atoms with Crippen LogP contribution in [0.1, 0.15) is 10.4 Å². The van der Waals surface area contributed by atoms with Crippen molar-refractivity contribution in [3.05, 3.63) is 72.4 Å². The molecule has 32 heavy (non-hydrogen) atoms. The van der Waals surface area contributed by atoms with E-state index < -0.39 is 11.7 Å². The van der Waals surface area contributed by atoms with E-state index in [4.69, 9.17) is 10.2 Å². The Balaban J connectivity index is 1.44. The third-order valence-corrected chi connectivity index (χ3v) is 6.02. The zero-order chi connectivity index (χ0) is 22.2. The molecule has 162 valence electrons. The first-order chi connectivity index (χ1) is 15.5.